The van der Waals surface area contributed by atoms with E-state index in [4.69, 9.17) is 0 Å². The van der Waals surface area contributed by atoms with Crippen molar-refractivity contribution in [2.24, 2.45) is 7.05 Å². The summed E-state index contributed by atoms with van der Waals surface area (Å²) in [5.74, 6) is 0. The standard InChI is InChI=1S/C16H11N3O3/c1-18-13-7-6-9(19(21)22)8-11(13)15(20)14-10-4-2-3-5-12(10)17-16(14)18/h2-8,17H,1H3. The van der Waals surface area contributed by atoms with Crippen LogP contribution in [0.15, 0.2) is 47.3 Å². The van der Waals surface area contributed by atoms with E-state index in [1.807, 2.05) is 35.9 Å². The van der Waals surface area contributed by atoms with Gasteiger partial charge in [0.2, 0.25) is 0 Å². The molecule has 0 fully saturated rings. The molecule has 0 aliphatic carbocycles. The monoisotopic (exact) mass is 293 g/mol. The number of nitro benzene ring substituents is 1. The van der Waals surface area contributed by atoms with E-state index in [1.54, 1.807) is 6.07 Å². The number of hydrogen-bond acceptors (Lipinski definition) is 3. The van der Waals surface area contributed by atoms with Crippen molar-refractivity contribution >= 4 is 38.5 Å². The molecule has 0 saturated heterocycles. The lowest BCUT2D eigenvalue weighted by Crippen LogP contribution is -2.08. The largest absolute Gasteiger partial charge is 0.340 e. The van der Waals surface area contributed by atoms with Gasteiger partial charge in [-0.15, -0.1) is 0 Å². The van der Waals surface area contributed by atoms with Crippen molar-refractivity contribution in [1.82, 2.24) is 9.55 Å². The van der Waals surface area contributed by atoms with Gasteiger partial charge >= 0.3 is 0 Å². The molecule has 4 aromatic rings. The van der Waals surface area contributed by atoms with Crippen molar-refractivity contribution in [2.75, 3.05) is 0 Å². The van der Waals surface area contributed by atoms with E-state index in [-0.39, 0.29) is 11.1 Å². The van der Waals surface area contributed by atoms with Crippen LogP contribution in [0.4, 0.5) is 5.69 Å². The molecule has 4 rings (SSSR count). The number of rotatable bonds is 1. The van der Waals surface area contributed by atoms with Crippen LogP contribution in [-0.4, -0.2) is 14.5 Å². The maximum atomic E-state index is 12.8. The Morgan fingerprint density at radius 2 is 1.91 bits per heavy atom. The first-order valence-electron chi connectivity index (χ1n) is 6.75. The molecule has 0 atom stereocenters. The van der Waals surface area contributed by atoms with Gasteiger partial charge in [0.25, 0.3) is 5.69 Å². The average Bonchev–Trinajstić information content (AvgIpc) is 2.92. The summed E-state index contributed by atoms with van der Waals surface area (Å²) in [6.45, 7) is 0. The number of non-ortho nitro benzene ring substituents is 1. The molecular formula is C16H11N3O3. The lowest BCUT2D eigenvalue weighted by Gasteiger charge is -2.07. The lowest BCUT2D eigenvalue weighted by atomic mass is 10.1. The van der Waals surface area contributed by atoms with Crippen LogP contribution in [0.2, 0.25) is 0 Å². The van der Waals surface area contributed by atoms with Gasteiger partial charge in [-0.2, -0.15) is 0 Å². The van der Waals surface area contributed by atoms with Crippen molar-refractivity contribution in [3.05, 3.63) is 62.8 Å². The molecule has 6 heteroatoms. The van der Waals surface area contributed by atoms with Gasteiger partial charge in [-0.25, -0.2) is 0 Å². The number of nitrogens with one attached hydrogen (secondary N) is 1. The minimum absolute atomic E-state index is 0.0798. The second kappa shape index (κ2) is 4.17. The summed E-state index contributed by atoms with van der Waals surface area (Å²) in [7, 11) is 1.84. The molecule has 0 saturated carbocycles. The number of aromatic nitrogens is 2. The number of aromatic amines is 1. The first kappa shape index (κ1) is 12.6. The minimum Gasteiger partial charge on any atom is -0.340 e. The predicted octanol–water partition coefficient (Wildman–Crippen LogP) is 3.08. The molecule has 2 heterocycles. The SMILES string of the molecule is Cn1c2ccc([N+](=O)[O-])cc2c(=O)c2c3ccccc3[nH]c21. The maximum absolute atomic E-state index is 12.8. The summed E-state index contributed by atoms with van der Waals surface area (Å²) in [5, 5.41) is 12.7. The van der Waals surface area contributed by atoms with E-state index < -0.39 is 4.92 Å². The third-order valence-corrected chi connectivity index (χ3v) is 4.05. The van der Waals surface area contributed by atoms with Crippen molar-refractivity contribution in [3.8, 4) is 0 Å². The number of nitro groups is 1. The quantitative estimate of drug-likeness (QED) is 0.432. The summed E-state index contributed by atoms with van der Waals surface area (Å²) in [4.78, 5) is 26.5. The van der Waals surface area contributed by atoms with Crippen molar-refractivity contribution in [2.45, 2.75) is 0 Å². The molecule has 2 aromatic heterocycles. The van der Waals surface area contributed by atoms with Gasteiger partial charge in [0.15, 0.2) is 5.43 Å². The molecule has 0 aliphatic rings. The van der Waals surface area contributed by atoms with Gasteiger partial charge in [0.1, 0.15) is 5.65 Å². The summed E-state index contributed by atoms with van der Waals surface area (Å²) in [5.41, 5.74) is 1.98. The molecule has 6 nitrogen and oxygen atoms in total. The Kier molecular flexibility index (Phi) is 2.39. The zero-order valence-corrected chi connectivity index (χ0v) is 11.7. The summed E-state index contributed by atoms with van der Waals surface area (Å²) in [6.07, 6.45) is 0. The number of hydrogen-bond donors (Lipinski definition) is 1. The predicted molar refractivity (Wildman–Crippen MR) is 85.2 cm³/mol. The number of nitrogens with zero attached hydrogens (tertiary/aromatic N) is 2. The van der Waals surface area contributed by atoms with Gasteiger partial charge in [-0.1, -0.05) is 18.2 Å². The number of pyridine rings is 1. The first-order valence-corrected chi connectivity index (χ1v) is 6.75. The fourth-order valence-corrected chi connectivity index (χ4v) is 2.98. The maximum Gasteiger partial charge on any atom is 0.270 e. The Morgan fingerprint density at radius 3 is 2.68 bits per heavy atom. The van der Waals surface area contributed by atoms with Gasteiger partial charge in [-0.3, -0.25) is 14.9 Å². The van der Waals surface area contributed by atoms with Crippen LogP contribution >= 0.6 is 0 Å². The Hall–Kier alpha value is -3.15. The van der Waals surface area contributed by atoms with Crippen LogP contribution in [0.1, 0.15) is 0 Å². The normalized spacial score (nSPS) is 11.5. The summed E-state index contributed by atoms with van der Waals surface area (Å²) < 4.78 is 1.86. The van der Waals surface area contributed by atoms with Crippen LogP contribution in [0.5, 0.6) is 0 Å². The van der Waals surface area contributed by atoms with E-state index in [9.17, 15) is 14.9 Å². The van der Waals surface area contributed by atoms with E-state index in [2.05, 4.69) is 4.98 Å². The molecule has 22 heavy (non-hydrogen) atoms. The molecule has 1 N–H and O–H groups in total. The molecule has 0 radical (unpaired) electrons. The molecule has 0 amide bonds. The van der Waals surface area contributed by atoms with Gasteiger partial charge < -0.3 is 9.55 Å². The first-order chi connectivity index (χ1) is 10.6. The van der Waals surface area contributed by atoms with Gasteiger partial charge in [-0.05, 0) is 12.1 Å². The fourth-order valence-electron chi connectivity index (χ4n) is 2.98. The number of H-pyrrole nitrogens is 1. The molecule has 2 aromatic carbocycles. The van der Waals surface area contributed by atoms with Crippen molar-refractivity contribution in [1.29, 1.82) is 0 Å². The van der Waals surface area contributed by atoms with E-state index in [0.29, 0.717) is 21.9 Å². The Morgan fingerprint density at radius 1 is 1.14 bits per heavy atom. The highest BCUT2D eigenvalue weighted by atomic mass is 16.6. The fraction of sp³-hybridized carbons (Fsp3) is 0.0625. The Bertz CT molecular complexity index is 1140. The van der Waals surface area contributed by atoms with Crippen molar-refractivity contribution in [3.63, 3.8) is 0 Å². The second-order valence-electron chi connectivity index (χ2n) is 5.24. The number of aryl methyl sites for hydroxylation is 1. The van der Waals surface area contributed by atoms with Crippen LogP contribution in [0, 0.1) is 10.1 Å². The molecule has 0 spiro atoms. The van der Waals surface area contributed by atoms with E-state index >= 15 is 0 Å². The van der Waals surface area contributed by atoms with E-state index in [0.717, 1.165) is 10.9 Å². The molecule has 0 bridgehead atoms. The van der Waals surface area contributed by atoms with Gasteiger partial charge in [0.05, 0.1) is 21.2 Å². The third kappa shape index (κ3) is 1.52. The van der Waals surface area contributed by atoms with Crippen LogP contribution in [-0.2, 0) is 7.05 Å². The lowest BCUT2D eigenvalue weighted by molar-refractivity contribution is -0.384. The van der Waals surface area contributed by atoms with Crippen LogP contribution in [0.3, 0.4) is 0 Å². The average molecular weight is 293 g/mol. The highest BCUT2D eigenvalue weighted by Gasteiger charge is 2.16. The van der Waals surface area contributed by atoms with Crippen LogP contribution < -0.4 is 5.43 Å². The third-order valence-electron chi connectivity index (χ3n) is 4.05. The Balaban J connectivity index is 2.30. The molecule has 108 valence electrons. The minimum atomic E-state index is -0.488. The second-order valence-corrected chi connectivity index (χ2v) is 5.24. The zero-order chi connectivity index (χ0) is 15.4. The van der Waals surface area contributed by atoms with E-state index in [1.165, 1.54) is 12.1 Å². The Labute approximate surface area is 123 Å². The molecule has 0 aliphatic heterocycles. The molecular weight excluding hydrogens is 282 g/mol. The highest BCUT2D eigenvalue weighted by molar-refractivity contribution is 6.09. The summed E-state index contributed by atoms with van der Waals surface area (Å²) in [6, 6.07) is 11.9. The highest BCUT2D eigenvalue weighted by Crippen LogP contribution is 2.26. The summed E-state index contributed by atoms with van der Waals surface area (Å²) >= 11 is 0. The molecule has 0 unspecified atom stereocenters. The van der Waals surface area contributed by atoms with Gasteiger partial charge in [0, 0.05) is 30.1 Å². The number of fused-ring (bicyclic) bond motifs is 4. The topological polar surface area (TPSA) is 80.9 Å². The number of benzene rings is 2. The zero-order valence-electron chi connectivity index (χ0n) is 11.7. The number of para-hydroxylation sites is 1. The van der Waals surface area contributed by atoms with Crippen molar-refractivity contribution < 1.29 is 4.92 Å². The van der Waals surface area contributed by atoms with Crippen LogP contribution in [0.25, 0.3) is 32.8 Å². The smallest absolute Gasteiger partial charge is 0.270 e.